The number of anilines is 1. The average molecular weight is 382 g/mol. The molecule has 6 nitrogen and oxygen atoms in total. The summed E-state index contributed by atoms with van der Waals surface area (Å²) in [5.74, 6) is -0.00667. The summed E-state index contributed by atoms with van der Waals surface area (Å²) in [6.07, 6.45) is 0. The molecule has 0 spiro atoms. The van der Waals surface area contributed by atoms with Gasteiger partial charge in [-0.2, -0.15) is 0 Å². The van der Waals surface area contributed by atoms with Gasteiger partial charge in [0.2, 0.25) is 0 Å². The van der Waals surface area contributed by atoms with E-state index in [2.05, 4.69) is 10.3 Å². The Morgan fingerprint density at radius 2 is 1.81 bits per heavy atom. The minimum absolute atomic E-state index is 0.186. The third-order valence-electron chi connectivity index (χ3n) is 3.57. The Morgan fingerprint density at radius 3 is 2.52 bits per heavy atom. The summed E-state index contributed by atoms with van der Waals surface area (Å²) in [7, 11) is 0. The number of aromatic nitrogens is 1. The molecule has 1 heterocycles. The summed E-state index contributed by atoms with van der Waals surface area (Å²) in [6, 6.07) is 16.6. The quantitative estimate of drug-likeness (QED) is 0.621. The molecule has 0 unspecified atom stereocenters. The van der Waals surface area contributed by atoms with Crippen molar-refractivity contribution in [2.24, 2.45) is 0 Å². The Balaban J connectivity index is 1.56. The van der Waals surface area contributed by atoms with Crippen LogP contribution in [0.2, 0.25) is 0 Å². The first-order valence-corrected chi connectivity index (χ1v) is 9.24. The van der Waals surface area contributed by atoms with E-state index in [0.29, 0.717) is 17.3 Å². The van der Waals surface area contributed by atoms with E-state index in [4.69, 9.17) is 9.47 Å². The number of hydrogen-bond donors (Lipinski definition) is 1. The number of nitrogens with one attached hydrogen (secondary N) is 1. The van der Waals surface area contributed by atoms with E-state index in [1.807, 2.05) is 42.5 Å². The van der Waals surface area contributed by atoms with Gasteiger partial charge in [0.1, 0.15) is 12.4 Å². The number of para-hydroxylation sites is 1. The molecule has 27 heavy (non-hydrogen) atoms. The summed E-state index contributed by atoms with van der Waals surface area (Å²) in [4.78, 5) is 28.0. The van der Waals surface area contributed by atoms with Crippen LogP contribution in [0.3, 0.4) is 0 Å². The fourth-order valence-corrected chi connectivity index (χ4v) is 2.91. The van der Waals surface area contributed by atoms with Crippen LogP contribution in [0.15, 0.2) is 60.0 Å². The second-order valence-electron chi connectivity index (χ2n) is 5.51. The number of rotatable bonds is 7. The number of benzene rings is 2. The molecule has 0 aliphatic heterocycles. The zero-order chi connectivity index (χ0) is 19.1. The Labute approximate surface area is 160 Å². The maximum atomic E-state index is 12.3. The third kappa shape index (κ3) is 5.15. The van der Waals surface area contributed by atoms with E-state index in [9.17, 15) is 9.59 Å². The van der Waals surface area contributed by atoms with Crippen molar-refractivity contribution < 1.29 is 19.1 Å². The van der Waals surface area contributed by atoms with E-state index >= 15 is 0 Å². The van der Waals surface area contributed by atoms with Gasteiger partial charge in [-0.05, 0) is 36.8 Å². The zero-order valence-electron chi connectivity index (χ0n) is 14.7. The monoisotopic (exact) mass is 382 g/mol. The van der Waals surface area contributed by atoms with Crippen molar-refractivity contribution in [3.8, 4) is 5.75 Å². The van der Waals surface area contributed by atoms with Crippen molar-refractivity contribution in [2.45, 2.75) is 13.5 Å². The second kappa shape index (κ2) is 8.95. The standard InChI is InChI=1S/C20H18N2O4S/c1-2-25-19(24)17-13-27-20(21-17)22-18(23)15-10-8-14(9-11-15)12-26-16-6-4-3-5-7-16/h3-11,13H,2,12H2,1H3,(H,21,22,23). The van der Waals surface area contributed by atoms with Gasteiger partial charge in [-0.25, -0.2) is 9.78 Å². The highest BCUT2D eigenvalue weighted by Crippen LogP contribution is 2.18. The fraction of sp³-hybridized carbons (Fsp3) is 0.150. The molecule has 3 rings (SSSR count). The molecule has 0 saturated heterocycles. The number of ether oxygens (including phenoxy) is 2. The molecular weight excluding hydrogens is 364 g/mol. The van der Waals surface area contributed by atoms with Gasteiger partial charge in [-0.1, -0.05) is 30.3 Å². The molecule has 1 aromatic heterocycles. The summed E-state index contributed by atoms with van der Waals surface area (Å²) in [6.45, 7) is 2.42. The van der Waals surface area contributed by atoms with Crippen LogP contribution in [0.5, 0.6) is 5.75 Å². The van der Waals surface area contributed by atoms with Crippen molar-refractivity contribution in [2.75, 3.05) is 11.9 Å². The van der Waals surface area contributed by atoms with Crippen molar-refractivity contribution in [1.29, 1.82) is 0 Å². The minimum Gasteiger partial charge on any atom is -0.489 e. The smallest absolute Gasteiger partial charge is 0.357 e. The lowest BCUT2D eigenvalue weighted by molar-refractivity contribution is 0.0520. The van der Waals surface area contributed by atoms with Crippen LogP contribution in [0.4, 0.5) is 5.13 Å². The van der Waals surface area contributed by atoms with E-state index in [0.717, 1.165) is 11.3 Å². The van der Waals surface area contributed by atoms with Crippen LogP contribution in [0.25, 0.3) is 0 Å². The molecule has 0 radical (unpaired) electrons. The molecule has 0 bridgehead atoms. The number of amides is 1. The molecular formula is C20H18N2O4S. The van der Waals surface area contributed by atoms with Gasteiger partial charge >= 0.3 is 5.97 Å². The maximum Gasteiger partial charge on any atom is 0.357 e. The molecule has 0 aliphatic carbocycles. The first-order valence-electron chi connectivity index (χ1n) is 8.36. The van der Waals surface area contributed by atoms with Gasteiger partial charge < -0.3 is 9.47 Å². The summed E-state index contributed by atoms with van der Waals surface area (Å²) >= 11 is 1.17. The van der Waals surface area contributed by atoms with E-state index in [-0.39, 0.29) is 18.2 Å². The average Bonchev–Trinajstić information content (AvgIpc) is 3.16. The molecule has 0 aliphatic rings. The normalized spacial score (nSPS) is 10.3. The Morgan fingerprint density at radius 1 is 1.07 bits per heavy atom. The molecule has 0 atom stereocenters. The summed E-state index contributed by atoms with van der Waals surface area (Å²) in [5, 5.41) is 4.58. The molecule has 1 amide bonds. The zero-order valence-corrected chi connectivity index (χ0v) is 15.5. The van der Waals surface area contributed by atoms with Gasteiger partial charge in [0.05, 0.1) is 6.61 Å². The lowest BCUT2D eigenvalue weighted by Crippen LogP contribution is -2.12. The highest BCUT2D eigenvalue weighted by atomic mass is 32.1. The van der Waals surface area contributed by atoms with Crippen molar-refractivity contribution in [1.82, 2.24) is 4.98 Å². The molecule has 3 aromatic rings. The van der Waals surface area contributed by atoms with Crippen LogP contribution in [0.1, 0.15) is 33.3 Å². The van der Waals surface area contributed by atoms with E-state index in [1.54, 1.807) is 24.4 Å². The van der Waals surface area contributed by atoms with Crippen LogP contribution in [0, 0.1) is 0 Å². The summed E-state index contributed by atoms with van der Waals surface area (Å²) < 4.78 is 10.6. The van der Waals surface area contributed by atoms with Crippen LogP contribution < -0.4 is 10.1 Å². The number of carbonyl (C=O) groups is 2. The van der Waals surface area contributed by atoms with Gasteiger partial charge in [0, 0.05) is 10.9 Å². The largest absolute Gasteiger partial charge is 0.489 e. The van der Waals surface area contributed by atoms with Crippen molar-refractivity contribution >= 4 is 28.3 Å². The van der Waals surface area contributed by atoms with Crippen LogP contribution in [-0.2, 0) is 11.3 Å². The lowest BCUT2D eigenvalue weighted by Gasteiger charge is -2.07. The fourth-order valence-electron chi connectivity index (χ4n) is 2.23. The topological polar surface area (TPSA) is 77.5 Å². The van der Waals surface area contributed by atoms with Gasteiger partial charge in [0.25, 0.3) is 5.91 Å². The SMILES string of the molecule is CCOC(=O)c1csc(NC(=O)c2ccc(COc3ccccc3)cc2)n1. The number of hydrogen-bond acceptors (Lipinski definition) is 6. The predicted octanol–water partition coefficient (Wildman–Crippen LogP) is 4.15. The Kier molecular flexibility index (Phi) is 6.17. The number of carbonyl (C=O) groups excluding carboxylic acids is 2. The number of thiazole rings is 1. The first-order chi connectivity index (χ1) is 13.2. The van der Waals surface area contributed by atoms with E-state index in [1.165, 1.54) is 11.3 Å². The molecule has 2 aromatic carbocycles. The van der Waals surface area contributed by atoms with Gasteiger partial charge in [0.15, 0.2) is 10.8 Å². The van der Waals surface area contributed by atoms with Crippen molar-refractivity contribution in [3.63, 3.8) is 0 Å². The minimum atomic E-state index is -0.503. The number of esters is 1. The van der Waals surface area contributed by atoms with Crippen molar-refractivity contribution in [3.05, 3.63) is 76.8 Å². The molecule has 1 N–H and O–H groups in total. The lowest BCUT2D eigenvalue weighted by atomic mass is 10.1. The van der Waals surface area contributed by atoms with Gasteiger partial charge in [-0.15, -0.1) is 11.3 Å². The highest BCUT2D eigenvalue weighted by molar-refractivity contribution is 7.14. The van der Waals surface area contributed by atoms with E-state index < -0.39 is 5.97 Å². The Bertz CT molecular complexity index is 907. The maximum absolute atomic E-state index is 12.3. The second-order valence-corrected chi connectivity index (χ2v) is 6.37. The van der Waals surface area contributed by atoms with Crippen LogP contribution >= 0.6 is 11.3 Å². The van der Waals surface area contributed by atoms with Gasteiger partial charge in [-0.3, -0.25) is 10.1 Å². The molecule has 0 saturated carbocycles. The molecule has 138 valence electrons. The first kappa shape index (κ1) is 18.6. The molecule has 7 heteroatoms. The van der Waals surface area contributed by atoms with Crippen LogP contribution in [-0.4, -0.2) is 23.5 Å². The summed E-state index contributed by atoms with van der Waals surface area (Å²) in [5.41, 5.74) is 1.63. The third-order valence-corrected chi connectivity index (χ3v) is 4.33. The highest BCUT2D eigenvalue weighted by Gasteiger charge is 2.14. The Hall–Kier alpha value is -3.19. The number of nitrogens with zero attached hydrogens (tertiary/aromatic N) is 1. The predicted molar refractivity (Wildman–Crippen MR) is 103 cm³/mol. The molecule has 0 fully saturated rings.